The fourth-order valence-electron chi connectivity index (χ4n) is 3.05. The van der Waals surface area contributed by atoms with Gasteiger partial charge in [0.1, 0.15) is 17.9 Å². The second-order valence-electron chi connectivity index (χ2n) is 6.47. The summed E-state index contributed by atoms with van der Waals surface area (Å²) in [6.45, 7) is 2.90. The van der Waals surface area contributed by atoms with Gasteiger partial charge in [-0.3, -0.25) is 4.57 Å². The summed E-state index contributed by atoms with van der Waals surface area (Å²) in [4.78, 5) is 11.8. The van der Waals surface area contributed by atoms with Crippen LogP contribution >= 0.6 is 8.60 Å². The number of anilines is 1. The smallest absolute Gasteiger partial charge is 0.333 e. The van der Waals surface area contributed by atoms with Crippen LogP contribution in [0.3, 0.4) is 0 Å². The molecule has 0 spiro atoms. The number of halogens is 3. The quantitative estimate of drug-likeness (QED) is 0.770. The zero-order valence-electron chi connectivity index (χ0n) is 14.3. The molecule has 2 saturated heterocycles. The van der Waals surface area contributed by atoms with Crippen molar-refractivity contribution in [3.8, 4) is 0 Å². The van der Waals surface area contributed by atoms with E-state index < -0.39 is 45.7 Å². The molecule has 5 atom stereocenters. The Morgan fingerprint density at radius 2 is 2.15 bits per heavy atom. The zero-order valence-corrected chi connectivity index (χ0v) is 15.2. The standard InChI is InChI=1S/C14H17F3N5O4P/c1-6(2)25-27-23-3-14(13(16)17)9(26-27)7(15)12(24-14)22-5-21-8-10(18)19-4-20-11(8)22/h4-7,9,12-13H,3H2,1-2H3,(H2,18,19,20)/t7-,9-,12+,14+,27?/m0/s1. The molecule has 0 radical (unpaired) electrons. The molecule has 0 bridgehead atoms. The van der Waals surface area contributed by atoms with Crippen LogP contribution in [0, 0.1) is 0 Å². The maximum absolute atomic E-state index is 15.2. The topological polar surface area (TPSA) is 107 Å². The van der Waals surface area contributed by atoms with Crippen LogP contribution in [-0.2, 0) is 18.3 Å². The highest BCUT2D eigenvalue weighted by Gasteiger charge is 2.66. The number of nitrogen functional groups attached to an aromatic ring is 1. The lowest BCUT2D eigenvalue weighted by atomic mass is 9.97. The summed E-state index contributed by atoms with van der Waals surface area (Å²) >= 11 is 0. The largest absolute Gasteiger partial charge is 0.382 e. The summed E-state index contributed by atoms with van der Waals surface area (Å²) < 4.78 is 65.7. The maximum atomic E-state index is 15.2. The van der Waals surface area contributed by atoms with Gasteiger partial charge in [-0.1, -0.05) is 0 Å². The molecule has 0 aliphatic carbocycles. The first-order chi connectivity index (χ1) is 12.8. The van der Waals surface area contributed by atoms with E-state index in [9.17, 15) is 8.78 Å². The Morgan fingerprint density at radius 3 is 2.85 bits per heavy atom. The van der Waals surface area contributed by atoms with Crippen LogP contribution in [0.5, 0.6) is 0 Å². The molecule has 27 heavy (non-hydrogen) atoms. The molecule has 0 aromatic carbocycles. The number of aromatic nitrogens is 4. The van der Waals surface area contributed by atoms with Crippen LogP contribution in [0.25, 0.3) is 11.2 Å². The van der Waals surface area contributed by atoms with Gasteiger partial charge in [0, 0.05) is 0 Å². The molecule has 0 amide bonds. The van der Waals surface area contributed by atoms with Crippen LogP contribution in [0.2, 0.25) is 0 Å². The van der Waals surface area contributed by atoms with Crippen molar-refractivity contribution < 1.29 is 31.5 Å². The lowest BCUT2D eigenvalue weighted by Crippen LogP contribution is -2.55. The van der Waals surface area contributed by atoms with Crippen molar-refractivity contribution in [2.24, 2.45) is 0 Å². The molecule has 13 heteroatoms. The lowest BCUT2D eigenvalue weighted by Gasteiger charge is -2.39. The zero-order chi connectivity index (χ0) is 19.3. The third kappa shape index (κ3) is 2.95. The van der Waals surface area contributed by atoms with E-state index in [0.717, 1.165) is 0 Å². The maximum Gasteiger partial charge on any atom is 0.333 e. The first-order valence-corrected chi connectivity index (χ1v) is 9.22. The predicted octanol–water partition coefficient (Wildman–Crippen LogP) is 2.35. The molecule has 4 heterocycles. The van der Waals surface area contributed by atoms with E-state index in [-0.39, 0.29) is 23.1 Å². The van der Waals surface area contributed by atoms with Gasteiger partial charge in [-0.2, -0.15) is 0 Å². The summed E-state index contributed by atoms with van der Waals surface area (Å²) in [7, 11) is -1.97. The average Bonchev–Trinajstić information content (AvgIpc) is 3.16. The van der Waals surface area contributed by atoms with Gasteiger partial charge in [0.15, 0.2) is 29.5 Å². The van der Waals surface area contributed by atoms with Crippen molar-refractivity contribution in [1.29, 1.82) is 0 Å². The summed E-state index contributed by atoms with van der Waals surface area (Å²) in [5.41, 5.74) is 3.84. The summed E-state index contributed by atoms with van der Waals surface area (Å²) in [5, 5.41) is 0. The number of fused-ring (bicyclic) bond motifs is 2. The second-order valence-corrected chi connectivity index (χ2v) is 7.60. The van der Waals surface area contributed by atoms with E-state index in [1.54, 1.807) is 13.8 Å². The van der Waals surface area contributed by atoms with Crippen molar-refractivity contribution in [2.75, 3.05) is 12.3 Å². The van der Waals surface area contributed by atoms with E-state index in [0.29, 0.717) is 0 Å². The molecule has 9 nitrogen and oxygen atoms in total. The number of nitrogens with zero attached hydrogens (tertiary/aromatic N) is 4. The molecule has 2 aromatic heterocycles. The highest BCUT2D eigenvalue weighted by molar-refractivity contribution is 7.41. The molecule has 1 unspecified atom stereocenters. The van der Waals surface area contributed by atoms with E-state index in [1.165, 1.54) is 17.2 Å². The predicted molar refractivity (Wildman–Crippen MR) is 87.5 cm³/mol. The number of hydrogen-bond acceptors (Lipinski definition) is 8. The fourth-order valence-corrected chi connectivity index (χ4v) is 4.35. The fraction of sp³-hybridized carbons (Fsp3) is 0.643. The first kappa shape index (κ1) is 18.8. The van der Waals surface area contributed by atoms with Crippen LogP contribution in [0.15, 0.2) is 12.7 Å². The van der Waals surface area contributed by atoms with E-state index >= 15 is 4.39 Å². The molecule has 4 rings (SSSR count). The van der Waals surface area contributed by atoms with E-state index in [2.05, 4.69) is 15.0 Å². The van der Waals surface area contributed by atoms with Crippen LogP contribution < -0.4 is 5.73 Å². The number of rotatable bonds is 4. The molecular weight excluding hydrogens is 390 g/mol. The van der Waals surface area contributed by atoms with E-state index in [1.807, 2.05) is 0 Å². The van der Waals surface area contributed by atoms with Gasteiger partial charge in [0.05, 0.1) is 19.0 Å². The third-order valence-electron chi connectivity index (χ3n) is 4.31. The normalized spacial score (nSPS) is 33.9. The van der Waals surface area contributed by atoms with Gasteiger partial charge in [0.2, 0.25) is 0 Å². The Morgan fingerprint density at radius 1 is 1.37 bits per heavy atom. The number of imidazole rings is 1. The van der Waals surface area contributed by atoms with Gasteiger partial charge in [-0.05, 0) is 13.8 Å². The Balaban J connectivity index is 1.69. The SMILES string of the molecule is CC(C)OP1OC[C@@]2(C(F)F)O[C@@H](n3cnc4c(N)ncnc43)[C@@H](F)[C@@H]2O1. The second kappa shape index (κ2) is 6.78. The number of nitrogens with two attached hydrogens (primary N) is 1. The monoisotopic (exact) mass is 407 g/mol. The van der Waals surface area contributed by atoms with Gasteiger partial charge in [-0.15, -0.1) is 0 Å². The van der Waals surface area contributed by atoms with Gasteiger partial charge < -0.3 is 24.0 Å². The minimum Gasteiger partial charge on any atom is -0.382 e. The highest BCUT2D eigenvalue weighted by Crippen LogP contribution is 2.57. The number of alkyl halides is 3. The van der Waals surface area contributed by atoms with Crippen molar-refractivity contribution in [3.63, 3.8) is 0 Å². The van der Waals surface area contributed by atoms with Crippen LogP contribution in [0.1, 0.15) is 20.1 Å². The average molecular weight is 407 g/mol. The summed E-state index contributed by atoms with van der Waals surface area (Å²) in [6.07, 6.45) is -5.88. The highest BCUT2D eigenvalue weighted by atomic mass is 31.2. The van der Waals surface area contributed by atoms with Gasteiger partial charge in [-0.25, -0.2) is 28.1 Å². The van der Waals surface area contributed by atoms with Gasteiger partial charge >= 0.3 is 8.60 Å². The number of hydrogen-bond donors (Lipinski definition) is 1. The minimum atomic E-state index is -3.04. The van der Waals surface area contributed by atoms with Crippen molar-refractivity contribution in [3.05, 3.63) is 12.7 Å². The first-order valence-electron chi connectivity index (χ1n) is 8.13. The molecule has 148 valence electrons. The Hall–Kier alpha value is -1.59. The van der Waals surface area contributed by atoms with Crippen molar-refractivity contribution in [2.45, 2.75) is 50.5 Å². The van der Waals surface area contributed by atoms with Crippen LogP contribution in [0.4, 0.5) is 19.0 Å². The van der Waals surface area contributed by atoms with Crippen LogP contribution in [-0.4, -0.2) is 56.5 Å². The molecule has 0 saturated carbocycles. The van der Waals surface area contributed by atoms with E-state index in [4.69, 9.17) is 24.0 Å². The molecule has 2 fully saturated rings. The Labute approximate surface area is 153 Å². The molecule has 2 aliphatic heterocycles. The van der Waals surface area contributed by atoms with Crippen molar-refractivity contribution in [1.82, 2.24) is 19.5 Å². The third-order valence-corrected chi connectivity index (χ3v) is 5.64. The Kier molecular flexibility index (Phi) is 4.71. The van der Waals surface area contributed by atoms with Gasteiger partial charge in [0.25, 0.3) is 6.43 Å². The summed E-state index contributed by atoms with van der Waals surface area (Å²) in [5.74, 6) is 0.0848. The molecule has 2 aromatic rings. The molecular formula is C14H17F3N5O4P. The summed E-state index contributed by atoms with van der Waals surface area (Å²) in [6, 6.07) is 0. The minimum absolute atomic E-state index is 0.0848. The lowest BCUT2D eigenvalue weighted by molar-refractivity contribution is -0.203. The number of ether oxygens (including phenoxy) is 1. The molecule has 2 N–H and O–H groups in total. The molecule has 2 aliphatic rings. The Bertz CT molecular complexity index is 842. The van der Waals surface area contributed by atoms with Crippen molar-refractivity contribution >= 4 is 25.6 Å².